The lowest BCUT2D eigenvalue weighted by Gasteiger charge is -2.13. The van der Waals surface area contributed by atoms with Gasteiger partial charge in [-0.3, -0.25) is 0 Å². The maximum absolute atomic E-state index is 11.2. The number of primary sulfonamides is 1. The maximum atomic E-state index is 11.2. The Kier molecular flexibility index (Phi) is 9.35. The molecular formula is C18H24Cl2N2O4S. The molecule has 3 N–H and O–H groups in total. The smallest absolute Gasteiger partial charge is 0.238 e. The number of hydrogen-bond donors (Lipinski definition) is 2. The van der Waals surface area contributed by atoms with Gasteiger partial charge in [0.05, 0.1) is 23.6 Å². The Balaban J connectivity index is 0.00000364. The van der Waals surface area contributed by atoms with Crippen LogP contribution in [0.15, 0.2) is 41.3 Å². The minimum atomic E-state index is -3.65. The zero-order chi connectivity index (χ0) is 19.2. The Morgan fingerprint density at radius 2 is 1.81 bits per heavy atom. The third-order valence-electron chi connectivity index (χ3n) is 3.75. The Morgan fingerprint density at radius 3 is 2.37 bits per heavy atom. The number of ether oxygens (including phenoxy) is 2. The molecule has 0 saturated heterocycles. The van der Waals surface area contributed by atoms with E-state index in [1.165, 1.54) is 12.1 Å². The molecule has 0 fully saturated rings. The first-order valence-corrected chi connectivity index (χ1v) is 10.1. The van der Waals surface area contributed by atoms with Gasteiger partial charge in [0, 0.05) is 6.54 Å². The van der Waals surface area contributed by atoms with Crippen LogP contribution in [0.25, 0.3) is 0 Å². The van der Waals surface area contributed by atoms with Crippen molar-refractivity contribution in [1.82, 2.24) is 5.32 Å². The van der Waals surface area contributed by atoms with Crippen molar-refractivity contribution in [2.75, 3.05) is 20.3 Å². The van der Waals surface area contributed by atoms with Gasteiger partial charge < -0.3 is 14.8 Å². The van der Waals surface area contributed by atoms with Gasteiger partial charge in [-0.2, -0.15) is 0 Å². The lowest BCUT2D eigenvalue weighted by atomic mass is 10.1. The fourth-order valence-corrected chi connectivity index (χ4v) is 3.27. The van der Waals surface area contributed by atoms with E-state index in [-0.39, 0.29) is 17.3 Å². The molecule has 0 radical (unpaired) electrons. The maximum Gasteiger partial charge on any atom is 0.238 e. The van der Waals surface area contributed by atoms with Crippen molar-refractivity contribution in [3.63, 3.8) is 0 Å². The van der Waals surface area contributed by atoms with Crippen molar-refractivity contribution < 1.29 is 17.9 Å². The molecule has 6 nitrogen and oxygen atoms in total. The number of benzene rings is 2. The SMILES string of the molecule is CCOc1c(Cl)cc(CNCCc2ccc(S(N)(=O)=O)cc2)cc1OC.Cl. The minimum absolute atomic E-state index is 0. The molecule has 0 spiro atoms. The van der Waals surface area contributed by atoms with Crippen LogP contribution in [0.1, 0.15) is 18.1 Å². The van der Waals surface area contributed by atoms with E-state index in [0.29, 0.717) is 29.7 Å². The number of methoxy groups -OCH3 is 1. The Hall–Kier alpha value is -1.51. The van der Waals surface area contributed by atoms with Gasteiger partial charge in [-0.05, 0) is 55.3 Å². The molecule has 0 unspecified atom stereocenters. The van der Waals surface area contributed by atoms with Crippen molar-refractivity contribution in [3.05, 3.63) is 52.5 Å². The molecule has 0 atom stereocenters. The number of nitrogens with two attached hydrogens (primary N) is 1. The van der Waals surface area contributed by atoms with E-state index in [2.05, 4.69) is 5.32 Å². The summed E-state index contributed by atoms with van der Waals surface area (Å²) in [5.74, 6) is 1.16. The van der Waals surface area contributed by atoms with Crippen LogP contribution >= 0.6 is 24.0 Å². The van der Waals surface area contributed by atoms with Crippen LogP contribution < -0.4 is 19.9 Å². The van der Waals surface area contributed by atoms with Gasteiger partial charge in [0.25, 0.3) is 0 Å². The van der Waals surface area contributed by atoms with E-state index in [1.807, 2.05) is 19.1 Å². The highest BCUT2D eigenvalue weighted by Crippen LogP contribution is 2.36. The molecule has 0 saturated carbocycles. The normalized spacial score (nSPS) is 11.0. The number of halogens is 2. The van der Waals surface area contributed by atoms with Crippen LogP contribution in [0.2, 0.25) is 5.02 Å². The third kappa shape index (κ3) is 6.86. The summed E-state index contributed by atoms with van der Waals surface area (Å²) < 4.78 is 33.3. The highest BCUT2D eigenvalue weighted by molar-refractivity contribution is 7.89. The molecule has 0 heterocycles. The standard InChI is InChI=1S/C18H23ClN2O4S.ClH/c1-3-25-18-16(19)10-14(11-17(18)24-2)12-21-9-8-13-4-6-15(7-5-13)26(20,22)23;/h4-7,10-11,21H,3,8-9,12H2,1-2H3,(H2,20,22,23);1H. The first-order valence-electron chi connectivity index (χ1n) is 8.16. The summed E-state index contributed by atoms with van der Waals surface area (Å²) in [5.41, 5.74) is 2.01. The predicted octanol–water partition coefficient (Wildman–Crippen LogP) is 3.15. The Bertz CT molecular complexity index is 843. The summed E-state index contributed by atoms with van der Waals surface area (Å²) in [6, 6.07) is 10.3. The zero-order valence-corrected chi connectivity index (χ0v) is 17.6. The van der Waals surface area contributed by atoms with Crippen molar-refractivity contribution >= 4 is 34.0 Å². The molecule has 0 aliphatic heterocycles. The first-order chi connectivity index (χ1) is 12.3. The molecule has 150 valence electrons. The summed E-state index contributed by atoms with van der Waals surface area (Å²) in [4.78, 5) is 0.116. The van der Waals surface area contributed by atoms with Crippen LogP contribution in [0.5, 0.6) is 11.5 Å². The Morgan fingerprint density at radius 1 is 1.15 bits per heavy atom. The van der Waals surface area contributed by atoms with Gasteiger partial charge in [0.1, 0.15) is 0 Å². The largest absolute Gasteiger partial charge is 0.493 e. The minimum Gasteiger partial charge on any atom is -0.493 e. The van der Waals surface area contributed by atoms with Crippen molar-refractivity contribution in [2.45, 2.75) is 24.8 Å². The predicted molar refractivity (Wildman–Crippen MR) is 110 cm³/mol. The second-order valence-corrected chi connectivity index (χ2v) is 7.63. The molecule has 0 bridgehead atoms. The molecule has 2 aromatic rings. The molecule has 0 amide bonds. The second kappa shape index (κ2) is 10.7. The van der Waals surface area contributed by atoms with E-state index in [9.17, 15) is 8.42 Å². The van der Waals surface area contributed by atoms with E-state index in [0.717, 1.165) is 24.1 Å². The molecule has 0 aromatic heterocycles. The zero-order valence-electron chi connectivity index (χ0n) is 15.2. The van der Waals surface area contributed by atoms with Gasteiger partial charge >= 0.3 is 0 Å². The molecule has 2 aromatic carbocycles. The Labute approximate surface area is 171 Å². The topological polar surface area (TPSA) is 90.6 Å². The molecule has 27 heavy (non-hydrogen) atoms. The average molecular weight is 435 g/mol. The van der Waals surface area contributed by atoms with Crippen LogP contribution in [0, 0.1) is 0 Å². The third-order valence-corrected chi connectivity index (χ3v) is 4.96. The highest BCUT2D eigenvalue weighted by atomic mass is 35.5. The molecular weight excluding hydrogens is 411 g/mol. The van der Waals surface area contributed by atoms with Crippen LogP contribution in [0.3, 0.4) is 0 Å². The van der Waals surface area contributed by atoms with Crippen molar-refractivity contribution in [2.24, 2.45) is 5.14 Å². The van der Waals surface area contributed by atoms with Crippen LogP contribution in [-0.2, 0) is 23.0 Å². The lowest BCUT2D eigenvalue weighted by molar-refractivity contribution is 0.311. The lowest BCUT2D eigenvalue weighted by Crippen LogP contribution is -2.17. The van der Waals surface area contributed by atoms with E-state index in [1.54, 1.807) is 19.2 Å². The monoisotopic (exact) mass is 434 g/mol. The van der Waals surface area contributed by atoms with Crippen molar-refractivity contribution in [1.29, 1.82) is 0 Å². The molecule has 9 heteroatoms. The van der Waals surface area contributed by atoms with Crippen molar-refractivity contribution in [3.8, 4) is 11.5 Å². The summed E-state index contributed by atoms with van der Waals surface area (Å²) in [6.45, 7) is 3.75. The van der Waals surface area contributed by atoms with Gasteiger partial charge in [0.2, 0.25) is 10.0 Å². The van der Waals surface area contributed by atoms with Gasteiger partial charge in [-0.25, -0.2) is 13.6 Å². The summed E-state index contributed by atoms with van der Waals surface area (Å²) in [7, 11) is -2.07. The quantitative estimate of drug-likeness (QED) is 0.591. The van der Waals surface area contributed by atoms with E-state index >= 15 is 0 Å². The number of rotatable bonds is 9. The second-order valence-electron chi connectivity index (χ2n) is 5.66. The number of hydrogen-bond acceptors (Lipinski definition) is 5. The fourth-order valence-electron chi connectivity index (χ4n) is 2.47. The molecule has 0 aliphatic rings. The molecule has 0 aliphatic carbocycles. The highest BCUT2D eigenvalue weighted by Gasteiger charge is 2.11. The summed E-state index contributed by atoms with van der Waals surface area (Å²) >= 11 is 6.26. The summed E-state index contributed by atoms with van der Waals surface area (Å²) in [6.07, 6.45) is 0.757. The first kappa shape index (κ1) is 23.5. The fraction of sp³-hybridized carbons (Fsp3) is 0.333. The van der Waals surface area contributed by atoms with E-state index < -0.39 is 10.0 Å². The van der Waals surface area contributed by atoms with Crippen LogP contribution in [0.4, 0.5) is 0 Å². The summed E-state index contributed by atoms with van der Waals surface area (Å²) in [5, 5.41) is 8.93. The number of nitrogens with one attached hydrogen (secondary N) is 1. The molecule has 2 rings (SSSR count). The van der Waals surface area contributed by atoms with Crippen LogP contribution in [-0.4, -0.2) is 28.7 Å². The number of sulfonamides is 1. The van der Waals surface area contributed by atoms with Gasteiger partial charge in [-0.1, -0.05) is 23.7 Å². The van der Waals surface area contributed by atoms with E-state index in [4.69, 9.17) is 26.2 Å². The van der Waals surface area contributed by atoms with Gasteiger partial charge in [0.15, 0.2) is 11.5 Å². The average Bonchev–Trinajstić information content (AvgIpc) is 2.60. The van der Waals surface area contributed by atoms with Gasteiger partial charge in [-0.15, -0.1) is 12.4 Å².